The molecule has 0 spiro atoms. The number of nitrogens with zero attached hydrogens (tertiary/aromatic N) is 3. The van der Waals surface area contributed by atoms with Gasteiger partial charge >= 0.3 is 0 Å². The lowest BCUT2D eigenvalue weighted by atomic mass is 10.1. The molecule has 3 aromatic rings. The fraction of sp³-hybridized carbons (Fsp3) is 0.333. The molecule has 3 heterocycles. The molecule has 0 unspecified atom stereocenters. The summed E-state index contributed by atoms with van der Waals surface area (Å²) < 4.78 is 5.67. The van der Waals surface area contributed by atoms with Crippen molar-refractivity contribution in [2.24, 2.45) is 0 Å². The number of aryl methyl sites for hydroxylation is 2. The zero-order valence-electron chi connectivity index (χ0n) is 13.0. The second-order valence-electron chi connectivity index (χ2n) is 5.38. The molecule has 0 radical (unpaired) electrons. The molecule has 3 rings (SSSR count). The van der Waals surface area contributed by atoms with Crippen LogP contribution in [0.4, 0.5) is 0 Å². The molecule has 8 heteroatoms. The van der Waals surface area contributed by atoms with Gasteiger partial charge in [-0.05, 0) is 25.3 Å². The van der Waals surface area contributed by atoms with E-state index in [2.05, 4.69) is 15.1 Å². The molecule has 0 atom stereocenters. The van der Waals surface area contributed by atoms with Crippen molar-refractivity contribution in [3.63, 3.8) is 0 Å². The van der Waals surface area contributed by atoms with Crippen molar-refractivity contribution in [1.29, 1.82) is 0 Å². The normalized spacial score (nSPS) is 11.1. The molecule has 0 aliphatic rings. The van der Waals surface area contributed by atoms with E-state index in [4.69, 9.17) is 4.52 Å². The number of amides is 1. The number of thiophene rings is 1. The summed E-state index contributed by atoms with van der Waals surface area (Å²) >= 11 is 1.35. The first kappa shape index (κ1) is 15.4. The average Bonchev–Trinajstić information content (AvgIpc) is 3.09. The van der Waals surface area contributed by atoms with Crippen molar-refractivity contribution in [3.8, 4) is 0 Å². The van der Waals surface area contributed by atoms with E-state index in [-0.39, 0.29) is 24.4 Å². The van der Waals surface area contributed by atoms with E-state index in [0.29, 0.717) is 21.8 Å². The Hall–Kier alpha value is -2.48. The number of aromatic amines is 1. The van der Waals surface area contributed by atoms with Crippen molar-refractivity contribution in [2.45, 2.75) is 26.8 Å². The maximum Gasteiger partial charge on any atom is 0.268 e. The van der Waals surface area contributed by atoms with Gasteiger partial charge in [-0.2, -0.15) is 0 Å². The van der Waals surface area contributed by atoms with Crippen molar-refractivity contribution in [2.75, 3.05) is 7.05 Å². The van der Waals surface area contributed by atoms with Crippen LogP contribution < -0.4 is 5.56 Å². The molecule has 23 heavy (non-hydrogen) atoms. The number of likely N-dealkylation sites (N-methyl/N-ethyl adjacent to an activating group) is 1. The van der Waals surface area contributed by atoms with Gasteiger partial charge in [0.2, 0.25) is 5.91 Å². The predicted octanol–water partition coefficient (Wildman–Crippen LogP) is 1.79. The van der Waals surface area contributed by atoms with Crippen LogP contribution in [-0.4, -0.2) is 33.0 Å². The maximum atomic E-state index is 12.4. The Morgan fingerprint density at radius 1 is 1.43 bits per heavy atom. The molecule has 0 saturated heterocycles. The summed E-state index contributed by atoms with van der Waals surface area (Å²) in [5.74, 6) is 1.03. The fourth-order valence-electron chi connectivity index (χ4n) is 2.35. The summed E-state index contributed by atoms with van der Waals surface area (Å²) in [6.45, 7) is 3.83. The number of fused-ring (bicyclic) bond motifs is 1. The van der Waals surface area contributed by atoms with E-state index in [0.717, 1.165) is 11.3 Å². The van der Waals surface area contributed by atoms with Gasteiger partial charge in [0.05, 0.1) is 24.2 Å². The Morgan fingerprint density at radius 2 is 2.22 bits per heavy atom. The van der Waals surface area contributed by atoms with E-state index in [9.17, 15) is 9.59 Å². The highest BCUT2D eigenvalue weighted by atomic mass is 32.1. The second kappa shape index (κ2) is 5.96. The highest BCUT2D eigenvalue weighted by Gasteiger charge is 2.17. The molecular formula is C15H16N4O3S. The zero-order chi connectivity index (χ0) is 16.6. The van der Waals surface area contributed by atoms with Crippen LogP contribution in [0.1, 0.15) is 22.8 Å². The first-order valence-corrected chi connectivity index (χ1v) is 7.95. The molecule has 120 valence electrons. The Balaban J connectivity index is 1.76. The lowest BCUT2D eigenvalue weighted by Gasteiger charge is -2.16. The van der Waals surface area contributed by atoms with Crippen LogP contribution in [0.2, 0.25) is 0 Å². The number of H-pyrrole nitrogens is 1. The van der Waals surface area contributed by atoms with E-state index in [1.54, 1.807) is 20.0 Å². The quantitative estimate of drug-likeness (QED) is 0.786. The third-order valence-corrected chi connectivity index (χ3v) is 4.59. The van der Waals surface area contributed by atoms with Crippen LogP contribution in [0.3, 0.4) is 0 Å². The van der Waals surface area contributed by atoms with Crippen LogP contribution in [-0.2, 0) is 17.8 Å². The summed E-state index contributed by atoms with van der Waals surface area (Å²) in [6, 6.07) is 1.80. The molecule has 0 saturated carbocycles. The monoisotopic (exact) mass is 332 g/mol. The lowest BCUT2D eigenvalue weighted by Crippen LogP contribution is -2.29. The standard InChI is InChI=1S/C15H16N4O3S/c1-8-10(9(2)22-18-8)6-13(20)19(3)7-12-16-11-4-5-23-14(11)15(21)17-12/h4-5H,6-7H2,1-3H3,(H,16,17,21). The van der Waals surface area contributed by atoms with Crippen LogP contribution >= 0.6 is 11.3 Å². The van der Waals surface area contributed by atoms with Crippen LogP contribution in [0.5, 0.6) is 0 Å². The van der Waals surface area contributed by atoms with Crippen molar-refractivity contribution < 1.29 is 9.32 Å². The van der Waals surface area contributed by atoms with E-state index < -0.39 is 0 Å². The van der Waals surface area contributed by atoms with Gasteiger partial charge in [0.25, 0.3) is 5.56 Å². The molecule has 0 aliphatic carbocycles. The number of hydrogen-bond donors (Lipinski definition) is 1. The van der Waals surface area contributed by atoms with E-state index in [1.807, 2.05) is 12.3 Å². The fourth-order valence-corrected chi connectivity index (χ4v) is 3.08. The van der Waals surface area contributed by atoms with Gasteiger partial charge in [-0.15, -0.1) is 11.3 Å². The third kappa shape index (κ3) is 3.02. The summed E-state index contributed by atoms with van der Waals surface area (Å²) in [5.41, 5.74) is 2.00. The van der Waals surface area contributed by atoms with Crippen LogP contribution in [0.15, 0.2) is 20.8 Å². The predicted molar refractivity (Wildman–Crippen MR) is 86.4 cm³/mol. The number of carbonyl (C=O) groups excluding carboxylic acids is 1. The molecule has 0 aliphatic heterocycles. The number of rotatable bonds is 4. The summed E-state index contributed by atoms with van der Waals surface area (Å²) in [7, 11) is 1.68. The first-order valence-electron chi connectivity index (χ1n) is 7.08. The topological polar surface area (TPSA) is 92.1 Å². The number of aromatic nitrogens is 3. The summed E-state index contributed by atoms with van der Waals surface area (Å²) in [6.07, 6.45) is 0.211. The van der Waals surface area contributed by atoms with Crippen molar-refractivity contribution >= 4 is 27.5 Å². The zero-order valence-corrected chi connectivity index (χ0v) is 13.9. The van der Waals surface area contributed by atoms with Gasteiger partial charge in [0.15, 0.2) is 0 Å². The van der Waals surface area contributed by atoms with Gasteiger partial charge in [-0.25, -0.2) is 4.98 Å². The van der Waals surface area contributed by atoms with E-state index >= 15 is 0 Å². The maximum absolute atomic E-state index is 12.4. The number of hydrogen-bond acceptors (Lipinski definition) is 6. The molecule has 0 bridgehead atoms. The molecular weight excluding hydrogens is 316 g/mol. The minimum Gasteiger partial charge on any atom is -0.361 e. The van der Waals surface area contributed by atoms with Crippen LogP contribution in [0, 0.1) is 13.8 Å². The largest absolute Gasteiger partial charge is 0.361 e. The second-order valence-corrected chi connectivity index (χ2v) is 6.29. The SMILES string of the molecule is Cc1noc(C)c1CC(=O)N(C)Cc1nc2ccsc2c(=O)[nH]1. The summed E-state index contributed by atoms with van der Waals surface area (Å²) in [5, 5.41) is 5.67. The number of carbonyl (C=O) groups is 1. The smallest absolute Gasteiger partial charge is 0.268 e. The lowest BCUT2D eigenvalue weighted by molar-refractivity contribution is -0.129. The highest BCUT2D eigenvalue weighted by molar-refractivity contribution is 7.17. The average molecular weight is 332 g/mol. The van der Waals surface area contributed by atoms with Gasteiger partial charge in [0.1, 0.15) is 16.3 Å². The first-order chi connectivity index (χ1) is 11.0. The molecule has 1 amide bonds. The number of nitrogens with one attached hydrogen (secondary N) is 1. The van der Waals surface area contributed by atoms with Gasteiger partial charge < -0.3 is 14.4 Å². The van der Waals surface area contributed by atoms with E-state index in [1.165, 1.54) is 16.2 Å². The van der Waals surface area contributed by atoms with Gasteiger partial charge in [0, 0.05) is 12.6 Å². The van der Waals surface area contributed by atoms with Crippen LogP contribution in [0.25, 0.3) is 10.2 Å². The molecule has 7 nitrogen and oxygen atoms in total. The Bertz CT molecular complexity index is 905. The molecule has 0 fully saturated rings. The summed E-state index contributed by atoms with van der Waals surface area (Å²) in [4.78, 5) is 32.9. The Labute approximate surface area is 135 Å². The molecule has 1 N–H and O–H groups in total. The minimum absolute atomic E-state index is 0.0903. The third-order valence-electron chi connectivity index (χ3n) is 3.69. The van der Waals surface area contributed by atoms with Gasteiger partial charge in [-0.1, -0.05) is 5.16 Å². The van der Waals surface area contributed by atoms with Gasteiger partial charge in [-0.3, -0.25) is 9.59 Å². The Kier molecular flexibility index (Phi) is 3.99. The van der Waals surface area contributed by atoms with Crippen molar-refractivity contribution in [1.82, 2.24) is 20.0 Å². The molecule has 0 aromatic carbocycles. The Morgan fingerprint density at radius 3 is 2.91 bits per heavy atom. The van der Waals surface area contributed by atoms with Crippen molar-refractivity contribution in [3.05, 3.63) is 44.6 Å². The minimum atomic E-state index is -0.174. The molecule has 3 aromatic heterocycles. The highest BCUT2D eigenvalue weighted by Crippen LogP contribution is 2.16.